The summed E-state index contributed by atoms with van der Waals surface area (Å²) in [6.07, 6.45) is 0. The van der Waals surface area contributed by atoms with Gasteiger partial charge < -0.3 is 10.5 Å². The molecule has 0 saturated carbocycles. The smallest absolute Gasteiger partial charge is 0.296 e. The first-order valence-corrected chi connectivity index (χ1v) is 11.2. The Morgan fingerprint density at radius 3 is 2.47 bits per heavy atom. The van der Waals surface area contributed by atoms with Crippen molar-refractivity contribution in [3.8, 4) is 28.7 Å². The van der Waals surface area contributed by atoms with Crippen molar-refractivity contribution in [1.82, 2.24) is 4.98 Å². The van der Waals surface area contributed by atoms with Gasteiger partial charge in [0.25, 0.3) is 15.8 Å². The number of hydrogen-bond acceptors (Lipinski definition) is 8. The zero-order valence-corrected chi connectivity index (χ0v) is 18.5. The molecule has 1 aromatic heterocycles. The Morgan fingerprint density at radius 1 is 1.15 bits per heavy atom. The van der Waals surface area contributed by atoms with Crippen LogP contribution in [0.25, 0.3) is 22.0 Å². The van der Waals surface area contributed by atoms with Crippen molar-refractivity contribution in [2.24, 2.45) is 0 Å². The monoisotopic (exact) mass is 496 g/mol. The molecule has 0 atom stereocenters. The number of ether oxygens (including phenoxy) is 1. The minimum absolute atomic E-state index is 0.100. The van der Waals surface area contributed by atoms with Crippen LogP contribution in [0.15, 0.2) is 65.6 Å². The molecule has 0 aliphatic carbocycles. The quantitative estimate of drug-likeness (QED) is 0.220. The van der Waals surface area contributed by atoms with E-state index in [-0.39, 0.29) is 50.6 Å². The average Bonchev–Trinajstić information content (AvgIpc) is 2.79. The van der Waals surface area contributed by atoms with Crippen LogP contribution in [0.2, 0.25) is 5.02 Å². The lowest BCUT2D eigenvalue weighted by Gasteiger charge is -2.18. The van der Waals surface area contributed by atoms with E-state index >= 15 is 0 Å². The number of hydrogen-bond donors (Lipinski definition) is 2. The molecule has 3 N–H and O–H groups in total. The van der Waals surface area contributed by atoms with Crippen LogP contribution in [0, 0.1) is 21.4 Å². The van der Waals surface area contributed by atoms with Crippen molar-refractivity contribution in [3.05, 3.63) is 81.4 Å². The van der Waals surface area contributed by atoms with Gasteiger partial charge in [0.2, 0.25) is 0 Å². The number of anilines is 1. The molecule has 0 spiro atoms. The van der Waals surface area contributed by atoms with Gasteiger partial charge in [0.05, 0.1) is 10.4 Å². The van der Waals surface area contributed by atoms with Crippen molar-refractivity contribution in [2.45, 2.75) is 4.90 Å². The van der Waals surface area contributed by atoms with Crippen LogP contribution in [0.3, 0.4) is 0 Å². The number of pyridine rings is 1. The van der Waals surface area contributed by atoms with E-state index < -0.39 is 25.0 Å². The molecule has 0 bridgehead atoms. The number of rotatable bonds is 5. The highest BCUT2D eigenvalue weighted by molar-refractivity contribution is 7.86. The number of nitro groups is 1. The zero-order valence-electron chi connectivity index (χ0n) is 17.0. The second-order valence-corrected chi connectivity index (χ2v) is 8.73. The van der Waals surface area contributed by atoms with Crippen LogP contribution in [-0.2, 0) is 10.1 Å². The van der Waals surface area contributed by atoms with Crippen LogP contribution < -0.4 is 10.5 Å². The van der Waals surface area contributed by atoms with Gasteiger partial charge in [0.15, 0.2) is 5.75 Å². The second-order valence-electron chi connectivity index (χ2n) is 6.96. The molecular weight excluding hydrogens is 484 g/mol. The number of nitrogen functional groups attached to an aromatic ring is 1. The summed E-state index contributed by atoms with van der Waals surface area (Å²) in [5.74, 6) is -0.0913. The lowest BCUT2D eigenvalue weighted by Crippen LogP contribution is -2.04. The number of para-hydroxylation sites is 1. The van der Waals surface area contributed by atoms with Crippen molar-refractivity contribution in [2.75, 3.05) is 5.73 Å². The number of aromatic nitrogens is 1. The Balaban J connectivity index is 2.14. The molecular formula is C22H13ClN4O6S. The molecule has 170 valence electrons. The predicted molar refractivity (Wildman–Crippen MR) is 124 cm³/mol. The minimum atomic E-state index is -4.73. The van der Waals surface area contributed by atoms with Gasteiger partial charge in [0.1, 0.15) is 33.1 Å². The minimum Gasteiger partial charge on any atom is -0.455 e. The number of fused-ring (bicyclic) bond motifs is 1. The van der Waals surface area contributed by atoms with Gasteiger partial charge >= 0.3 is 0 Å². The van der Waals surface area contributed by atoms with E-state index in [1.54, 1.807) is 30.3 Å². The molecule has 0 amide bonds. The Morgan fingerprint density at radius 2 is 1.85 bits per heavy atom. The summed E-state index contributed by atoms with van der Waals surface area (Å²) >= 11 is 6.36. The first-order chi connectivity index (χ1) is 16.1. The van der Waals surface area contributed by atoms with Gasteiger partial charge in [-0.15, -0.1) is 0 Å². The topological polar surface area (TPSA) is 169 Å². The molecule has 34 heavy (non-hydrogen) atoms. The number of benzene rings is 3. The molecule has 0 aliphatic heterocycles. The van der Waals surface area contributed by atoms with Crippen LogP contribution in [0.1, 0.15) is 5.56 Å². The molecule has 0 radical (unpaired) electrons. The number of nitrogens with two attached hydrogens (primary N) is 1. The fraction of sp³-hybridized carbons (Fsp3) is 0. The molecule has 4 rings (SSSR count). The van der Waals surface area contributed by atoms with Crippen LogP contribution >= 0.6 is 11.6 Å². The Hall–Kier alpha value is -4.24. The molecule has 1 heterocycles. The lowest BCUT2D eigenvalue weighted by molar-refractivity contribution is -0.384. The summed E-state index contributed by atoms with van der Waals surface area (Å²) in [5.41, 5.74) is 6.06. The van der Waals surface area contributed by atoms with E-state index in [9.17, 15) is 28.3 Å². The molecule has 10 nitrogen and oxygen atoms in total. The van der Waals surface area contributed by atoms with E-state index in [0.717, 1.165) is 6.07 Å². The maximum Gasteiger partial charge on any atom is 0.296 e. The summed E-state index contributed by atoms with van der Waals surface area (Å²) < 4.78 is 39.2. The summed E-state index contributed by atoms with van der Waals surface area (Å²) in [4.78, 5) is 14.3. The number of nitriles is 1. The number of halogens is 1. The Bertz CT molecular complexity index is 1620. The van der Waals surface area contributed by atoms with Crippen molar-refractivity contribution >= 4 is 44.1 Å². The van der Waals surface area contributed by atoms with Gasteiger partial charge in [-0.1, -0.05) is 29.8 Å². The maximum atomic E-state index is 11.9. The van der Waals surface area contributed by atoms with E-state index in [4.69, 9.17) is 22.1 Å². The zero-order chi connectivity index (χ0) is 24.6. The molecule has 0 fully saturated rings. The molecule has 4 aromatic rings. The van der Waals surface area contributed by atoms with Crippen LogP contribution in [-0.4, -0.2) is 22.9 Å². The maximum absolute atomic E-state index is 11.9. The van der Waals surface area contributed by atoms with Gasteiger partial charge in [-0.25, -0.2) is 4.98 Å². The average molecular weight is 497 g/mol. The number of nitro benzene ring substituents is 1. The van der Waals surface area contributed by atoms with Gasteiger partial charge in [-0.2, -0.15) is 13.7 Å². The standard InChI is InChI=1S/C22H13ClN4O6S/c23-20-18(34(30,31)32)9-7-14(21(20)33-13-4-2-1-3-5-13)19-15-10-12(27(28)29)6-8-17(15)26-22(25)16(19)11-24/h1-10H,(H2,25,26)(H,30,31,32). The molecule has 0 unspecified atom stereocenters. The van der Waals surface area contributed by atoms with Crippen molar-refractivity contribution in [1.29, 1.82) is 5.26 Å². The fourth-order valence-corrected chi connectivity index (χ4v) is 4.47. The summed E-state index contributed by atoms with van der Waals surface area (Å²) in [7, 11) is -4.73. The molecule has 0 aliphatic rings. The fourth-order valence-electron chi connectivity index (χ4n) is 3.42. The summed E-state index contributed by atoms with van der Waals surface area (Å²) in [5, 5.41) is 20.9. The van der Waals surface area contributed by atoms with E-state index in [1.165, 1.54) is 24.3 Å². The highest BCUT2D eigenvalue weighted by atomic mass is 35.5. The van der Waals surface area contributed by atoms with Crippen molar-refractivity contribution in [3.63, 3.8) is 0 Å². The van der Waals surface area contributed by atoms with Crippen molar-refractivity contribution < 1.29 is 22.6 Å². The predicted octanol–water partition coefficient (Wildman–Crippen LogP) is 4.96. The SMILES string of the molecule is N#Cc1c(N)nc2ccc([N+](=O)[O-])cc2c1-c1ccc(S(=O)(=O)O)c(Cl)c1Oc1ccccc1. The summed E-state index contributed by atoms with van der Waals surface area (Å²) in [6.45, 7) is 0. The molecule has 12 heteroatoms. The van der Waals surface area contributed by atoms with Gasteiger partial charge in [-0.3, -0.25) is 14.7 Å². The molecule has 3 aromatic carbocycles. The largest absolute Gasteiger partial charge is 0.455 e. The van der Waals surface area contributed by atoms with E-state index in [2.05, 4.69) is 4.98 Å². The third-order valence-corrected chi connectivity index (χ3v) is 6.27. The van der Waals surface area contributed by atoms with Gasteiger partial charge in [-0.05, 0) is 30.3 Å². The third-order valence-electron chi connectivity index (χ3n) is 4.89. The number of non-ortho nitro benzene ring substituents is 1. The Labute approximate surface area is 197 Å². The van der Waals surface area contributed by atoms with Crippen LogP contribution in [0.5, 0.6) is 11.5 Å². The van der Waals surface area contributed by atoms with Gasteiger partial charge in [0, 0.05) is 28.6 Å². The highest BCUT2D eigenvalue weighted by Gasteiger charge is 2.26. The lowest BCUT2D eigenvalue weighted by atomic mass is 9.95. The van der Waals surface area contributed by atoms with E-state index in [0.29, 0.717) is 0 Å². The second kappa shape index (κ2) is 8.60. The Kier molecular flexibility index (Phi) is 5.80. The number of nitrogens with zero attached hydrogens (tertiary/aromatic N) is 3. The van der Waals surface area contributed by atoms with Crippen LogP contribution in [0.4, 0.5) is 11.5 Å². The first kappa shape index (κ1) is 22.9. The third kappa shape index (κ3) is 4.08. The summed E-state index contributed by atoms with van der Waals surface area (Å²) in [6, 6.07) is 16.3. The van der Waals surface area contributed by atoms with E-state index in [1.807, 2.05) is 6.07 Å². The molecule has 0 saturated heterocycles. The highest BCUT2D eigenvalue weighted by Crippen LogP contribution is 2.46. The first-order valence-electron chi connectivity index (χ1n) is 9.42. The normalized spacial score (nSPS) is 11.2.